The Labute approximate surface area is 181 Å². The number of pyridine rings is 1. The summed E-state index contributed by atoms with van der Waals surface area (Å²) < 4.78 is 42.1. The fourth-order valence-corrected chi connectivity index (χ4v) is 4.92. The lowest BCUT2D eigenvalue weighted by Gasteiger charge is -2.18. The zero-order valence-corrected chi connectivity index (χ0v) is 18.0. The molecule has 1 fully saturated rings. The average Bonchev–Trinajstić information content (AvgIpc) is 3.30. The third-order valence-corrected chi connectivity index (χ3v) is 7.09. The highest BCUT2D eigenvalue weighted by Crippen LogP contribution is 2.32. The minimum absolute atomic E-state index is 0.115. The number of carbonyl (C=O) groups excluding carboxylic acids is 1. The molecule has 0 saturated heterocycles. The van der Waals surface area contributed by atoms with Gasteiger partial charge in [0.05, 0.1) is 10.6 Å². The van der Waals surface area contributed by atoms with E-state index in [4.69, 9.17) is 14.2 Å². The number of hydrogen-bond donors (Lipinski definition) is 1. The van der Waals surface area contributed by atoms with Crippen molar-refractivity contribution in [3.05, 3.63) is 42.1 Å². The van der Waals surface area contributed by atoms with Crippen LogP contribution in [-0.4, -0.2) is 44.4 Å². The molecule has 0 bridgehead atoms. The summed E-state index contributed by atoms with van der Waals surface area (Å²) in [4.78, 5) is 16.7. The number of ether oxygens (including phenoxy) is 3. The standard InChI is InChI=1S/C22H26N2O6S/c25-21(24-15-16-4-3-10-23-22(16)30-17-5-1-2-6-17)9-13-31(26,27)18-7-8-19-20(14-18)29-12-11-28-19/h3-4,7-8,10,14,17H,1-2,5-6,9,11-13,15H2,(H,24,25). The molecule has 1 saturated carbocycles. The molecule has 1 aromatic heterocycles. The Hall–Kier alpha value is -2.81. The summed E-state index contributed by atoms with van der Waals surface area (Å²) in [6.45, 7) is 1.04. The van der Waals surface area contributed by atoms with Crippen molar-refractivity contribution in [3.8, 4) is 17.4 Å². The molecule has 0 radical (unpaired) electrons. The van der Waals surface area contributed by atoms with E-state index in [9.17, 15) is 13.2 Å². The fraction of sp³-hybridized carbons (Fsp3) is 0.455. The Morgan fingerprint density at radius 2 is 1.90 bits per heavy atom. The summed E-state index contributed by atoms with van der Waals surface area (Å²) in [6, 6.07) is 8.14. The minimum Gasteiger partial charge on any atom is -0.486 e. The smallest absolute Gasteiger partial charge is 0.221 e. The first-order chi connectivity index (χ1) is 15.0. The van der Waals surface area contributed by atoms with Gasteiger partial charge in [-0.05, 0) is 43.9 Å². The van der Waals surface area contributed by atoms with Crippen molar-refractivity contribution in [2.24, 2.45) is 0 Å². The van der Waals surface area contributed by atoms with E-state index < -0.39 is 9.84 Å². The summed E-state index contributed by atoms with van der Waals surface area (Å²) >= 11 is 0. The van der Waals surface area contributed by atoms with Gasteiger partial charge < -0.3 is 19.5 Å². The molecule has 1 aliphatic carbocycles. The van der Waals surface area contributed by atoms with Gasteiger partial charge in [0.1, 0.15) is 19.3 Å². The van der Waals surface area contributed by atoms with Crippen molar-refractivity contribution in [2.45, 2.75) is 49.6 Å². The molecule has 31 heavy (non-hydrogen) atoms. The lowest BCUT2D eigenvalue weighted by Crippen LogP contribution is -2.26. The highest BCUT2D eigenvalue weighted by molar-refractivity contribution is 7.91. The van der Waals surface area contributed by atoms with Crippen molar-refractivity contribution < 1.29 is 27.4 Å². The molecule has 0 atom stereocenters. The van der Waals surface area contributed by atoms with Crippen LogP contribution in [0.5, 0.6) is 17.4 Å². The predicted molar refractivity (Wildman–Crippen MR) is 113 cm³/mol. The molecule has 2 aromatic rings. The summed E-state index contributed by atoms with van der Waals surface area (Å²) in [5.74, 6) is 0.810. The number of nitrogens with one attached hydrogen (secondary N) is 1. The van der Waals surface area contributed by atoms with Gasteiger partial charge in [-0.25, -0.2) is 13.4 Å². The van der Waals surface area contributed by atoms with Crippen LogP contribution in [0.4, 0.5) is 0 Å². The number of carbonyl (C=O) groups is 1. The Balaban J connectivity index is 1.31. The molecule has 1 aromatic carbocycles. The maximum absolute atomic E-state index is 12.6. The molecule has 2 heterocycles. The van der Waals surface area contributed by atoms with Gasteiger partial charge in [0, 0.05) is 30.8 Å². The number of aromatic nitrogens is 1. The largest absolute Gasteiger partial charge is 0.486 e. The molecule has 166 valence electrons. The molecule has 8 nitrogen and oxygen atoms in total. The number of rotatable bonds is 8. The second-order valence-corrected chi connectivity index (χ2v) is 9.75. The van der Waals surface area contributed by atoms with Gasteiger partial charge in [-0.2, -0.15) is 0 Å². The van der Waals surface area contributed by atoms with E-state index in [1.807, 2.05) is 6.07 Å². The van der Waals surface area contributed by atoms with Crippen LogP contribution >= 0.6 is 0 Å². The first-order valence-electron chi connectivity index (χ1n) is 10.5. The summed E-state index contributed by atoms with van der Waals surface area (Å²) in [5.41, 5.74) is 0.775. The molecule has 1 amide bonds. The van der Waals surface area contributed by atoms with Crippen LogP contribution in [0.25, 0.3) is 0 Å². The van der Waals surface area contributed by atoms with Crippen molar-refractivity contribution in [2.75, 3.05) is 19.0 Å². The second kappa shape index (κ2) is 9.55. The molecular weight excluding hydrogens is 420 g/mol. The van der Waals surface area contributed by atoms with Crippen molar-refractivity contribution in [3.63, 3.8) is 0 Å². The van der Waals surface area contributed by atoms with Crippen LogP contribution in [0, 0.1) is 0 Å². The lowest BCUT2D eigenvalue weighted by atomic mass is 10.2. The summed E-state index contributed by atoms with van der Waals surface area (Å²) in [7, 11) is -3.63. The molecular formula is C22H26N2O6S. The van der Waals surface area contributed by atoms with Gasteiger partial charge in [0.15, 0.2) is 21.3 Å². The maximum Gasteiger partial charge on any atom is 0.221 e. The number of sulfone groups is 1. The van der Waals surface area contributed by atoms with Crippen LogP contribution in [0.2, 0.25) is 0 Å². The SMILES string of the molecule is O=C(CCS(=O)(=O)c1ccc2c(c1)OCCO2)NCc1cccnc1OC1CCCC1. The number of hydrogen-bond acceptors (Lipinski definition) is 7. The third kappa shape index (κ3) is 5.46. The van der Waals surface area contributed by atoms with Crippen molar-refractivity contribution in [1.82, 2.24) is 10.3 Å². The van der Waals surface area contributed by atoms with E-state index in [0.717, 1.165) is 31.2 Å². The predicted octanol–water partition coefficient (Wildman–Crippen LogP) is 2.65. The lowest BCUT2D eigenvalue weighted by molar-refractivity contribution is -0.120. The van der Waals surface area contributed by atoms with Gasteiger partial charge >= 0.3 is 0 Å². The van der Waals surface area contributed by atoms with E-state index in [2.05, 4.69) is 10.3 Å². The topological polar surface area (TPSA) is 104 Å². The minimum atomic E-state index is -3.63. The molecule has 2 aliphatic rings. The second-order valence-electron chi connectivity index (χ2n) is 7.64. The van der Waals surface area contributed by atoms with Crippen molar-refractivity contribution >= 4 is 15.7 Å². The summed E-state index contributed by atoms with van der Waals surface area (Å²) in [6.07, 6.45) is 6.02. The molecule has 9 heteroatoms. The molecule has 4 rings (SSSR count). The third-order valence-electron chi connectivity index (χ3n) is 5.38. The number of amides is 1. The van der Waals surface area contributed by atoms with Crippen LogP contribution in [0.3, 0.4) is 0 Å². The van der Waals surface area contributed by atoms with Gasteiger partial charge in [-0.1, -0.05) is 6.07 Å². The number of benzene rings is 1. The fourth-order valence-electron chi connectivity index (χ4n) is 3.67. The van der Waals surface area contributed by atoms with Crippen LogP contribution in [0.15, 0.2) is 41.4 Å². The van der Waals surface area contributed by atoms with E-state index in [-0.39, 0.29) is 35.6 Å². The highest BCUT2D eigenvalue weighted by atomic mass is 32.2. The Bertz CT molecular complexity index is 1030. The molecule has 0 unspecified atom stereocenters. The van der Waals surface area contributed by atoms with E-state index in [0.29, 0.717) is 30.6 Å². The van der Waals surface area contributed by atoms with Gasteiger partial charge in [-0.15, -0.1) is 0 Å². The van der Waals surface area contributed by atoms with Crippen LogP contribution in [0.1, 0.15) is 37.7 Å². The quantitative estimate of drug-likeness (QED) is 0.665. The average molecular weight is 447 g/mol. The monoisotopic (exact) mass is 446 g/mol. The van der Waals surface area contributed by atoms with Gasteiger partial charge in [0.25, 0.3) is 0 Å². The van der Waals surface area contributed by atoms with E-state index in [1.54, 1.807) is 18.3 Å². The number of nitrogens with zero attached hydrogens (tertiary/aromatic N) is 1. The normalized spacial score (nSPS) is 16.1. The highest BCUT2D eigenvalue weighted by Gasteiger charge is 2.21. The van der Waals surface area contributed by atoms with E-state index >= 15 is 0 Å². The molecule has 1 aliphatic heterocycles. The van der Waals surface area contributed by atoms with Crippen molar-refractivity contribution in [1.29, 1.82) is 0 Å². The first-order valence-corrected chi connectivity index (χ1v) is 12.2. The van der Waals surface area contributed by atoms with Crippen LogP contribution < -0.4 is 19.5 Å². The zero-order chi connectivity index (χ0) is 21.7. The van der Waals surface area contributed by atoms with E-state index in [1.165, 1.54) is 12.1 Å². The molecule has 0 spiro atoms. The van der Waals surface area contributed by atoms with Gasteiger partial charge in [0.2, 0.25) is 11.8 Å². The molecule has 1 N–H and O–H groups in total. The zero-order valence-electron chi connectivity index (χ0n) is 17.2. The first kappa shape index (κ1) is 21.4. The van der Waals surface area contributed by atoms with Crippen LogP contribution in [-0.2, 0) is 21.2 Å². The Morgan fingerprint density at radius 1 is 1.13 bits per heavy atom. The Morgan fingerprint density at radius 3 is 2.71 bits per heavy atom. The maximum atomic E-state index is 12.6. The van der Waals surface area contributed by atoms with Gasteiger partial charge in [-0.3, -0.25) is 4.79 Å². The number of fused-ring (bicyclic) bond motifs is 1. The summed E-state index contributed by atoms with van der Waals surface area (Å²) in [5, 5.41) is 2.77. The Kier molecular flexibility index (Phi) is 6.60.